The normalized spacial score (nSPS) is 12.0. The zero-order chi connectivity index (χ0) is 21.1. The molecule has 4 rings (SSSR count). The molecular weight excluding hydrogens is 402 g/mol. The Morgan fingerprint density at radius 2 is 2.07 bits per heavy atom. The quantitative estimate of drug-likeness (QED) is 0.389. The number of methoxy groups -OCH3 is 1. The van der Waals surface area contributed by atoms with Crippen LogP contribution in [0.15, 0.2) is 42.6 Å². The fraction of sp³-hybridized carbons (Fsp3) is 0.238. The Hall–Kier alpha value is -3.39. The van der Waals surface area contributed by atoms with Crippen LogP contribution < -0.4 is 15.4 Å². The molecule has 3 heterocycles. The number of nitrogens with one attached hydrogen (secondary N) is 3. The second-order valence-electron chi connectivity index (χ2n) is 6.77. The van der Waals surface area contributed by atoms with Crippen molar-refractivity contribution in [3.05, 3.63) is 59.0 Å². The molecule has 0 fully saturated rings. The first-order valence-corrected chi connectivity index (χ1v) is 9.99. The number of aromatic amines is 1. The summed E-state index contributed by atoms with van der Waals surface area (Å²) in [5.41, 5.74) is 2.61. The van der Waals surface area contributed by atoms with Gasteiger partial charge in [-0.15, -0.1) is 0 Å². The van der Waals surface area contributed by atoms with E-state index in [-0.39, 0.29) is 6.04 Å². The zero-order valence-electron chi connectivity index (χ0n) is 16.9. The number of benzene rings is 1. The van der Waals surface area contributed by atoms with Gasteiger partial charge in [-0.1, -0.05) is 24.6 Å². The zero-order valence-corrected chi connectivity index (χ0v) is 17.7. The lowest BCUT2D eigenvalue weighted by Crippen LogP contribution is -2.12. The summed E-state index contributed by atoms with van der Waals surface area (Å²) in [5.74, 6) is 2.43. The predicted octanol–water partition coefficient (Wildman–Crippen LogP) is 4.89. The van der Waals surface area contributed by atoms with Crippen molar-refractivity contribution in [3.8, 4) is 5.75 Å². The molecule has 3 N–H and O–H groups in total. The van der Waals surface area contributed by atoms with E-state index in [0.29, 0.717) is 28.4 Å². The van der Waals surface area contributed by atoms with Crippen molar-refractivity contribution in [3.63, 3.8) is 0 Å². The lowest BCUT2D eigenvalue weighted by atomic mass is 10.2. The number of hydrogen-bond donors (Lipinski definition) is 3. The number of rotatable bonds is 7. The number of anilines is 3. The molecule has 1 aromatic carbocycles. The lowest BCUT2D eigenvalue weighted by Gasteiger charge is -2.16. The van der Waals surface area contributed by atoms with Crippen LogP contribution in [-0.2, 0) is 6.42 Å². The van der Waals surface area contributed by atoms with Gasteiger partial charge in [-0.2, -0.15) is 10.1 Å². The highest BCUT2D eigenvalue weighted by atomic mass is 35.5. The minimum absolute atomic E-state index is 0.116. The average Bonchev–Trinajstić information content (AvgIpc) is 3.21. The molecule has 30 heavy (non-hydrogen) atoms. The Balaban J connectivity index is 1.72. The van der Waals surface area contributed by atoms with Gasteiger partial charge in [0.05, 0.1) is 34.8 Å². The second kappa shape index (κ2) is 8.54. The topological polar surface area (TPSA) is 101 Å². The first-order chi connectivity index (χ1) is 14.6. The van der Waals surface area contributed by atoms with E-state index in [0.717, 1.165) is 28.7 Å². The van der Waals surface area contributed by atoms with Crippen LogP contribution in [0.25, 0.3) is 10.9 Å². The summed E-state index contributed by atoms with van der Waals surface area (Å²) >= 11 is 5.94. The van der Waals surface area contributed by atoms with E-state index in [4.69, 9.17) is 21.3 Å². The Labute approximate surface area is 179 Å². The van der Waals surface area contributed by atoms with Gasteiger partial charge in [0.1, 0.15) is 11.6 Å². The molecular formula is C21H22ClN7O. The van der Waals surface area contributed by atoms with Crippen molar-refractivity contribution in [2.24, 2.45) is 0 Å². The number of ether oxygens (including phenoxy) is 1. The molecule has 0 saturated heterocycles. The molecule has 0 amide bonds. The largest absolute Gasteiger partial charge is 0.496 e. The summed E-state index contributed by atoms with van der Waals surface area (Å²) in [6.07, 6.45) is 2.48. The highest BCUT2D eigenvalue weighted by Gasteiger charge is 2.16. The molecule has 0 bridgehead atoms. The van der Waals surface area contributed by atoms with E-state index in [1.165, 1.54) is 0 Å². The van der Waals surface area contributed by atoms with Crippen LogP contribution in [-0.4, -0.2) is 32.3 Å². The number of nitrogens with zero attached hydrogens (tertiary/aromatic N) is 4. The number of halogens is 1. The molecule has 0 aliphatic heterocycles. The average molecular weight is 424 g/mol. The van der Waals surface area contributed by atoms with E-state index < -0.39 is 0 Å². The van der Waals surface area contributed by atoms with Crippen LogP contribution in [0.1, 0.15) is 31.3 Å². The number of fused-ring (bicyclic) bond motifs is 1. The van der Waals surface area contributed by atoms with Crippen LogP contribution in [0, 0.1) is 0 Å². The van der Waals surface area contributed by atoms with Crippen LogP contribution in [0.5, 0.6) is 5.75 Å². The van der Waals surface area contributed by atoms with Gasteiger partial charge in [0, 0.05) is 18.0 Å². The highest BCUT2D eigenvalue weighted by molar-refractivity contribution is 6.30. The maximum atomic E-state index is 5.94. The molecule has 0 aliphatic rings. The molecule has 8 nitrogen and oxygen atoms in total. The number of pyridine rings is 1. The van der Waals surface area contributed by atoms with Crippen LogP contribution in [0.4, 0.5) is 17.6 Å². The van der Waals surface area contributed by atoms with Gasteiger partial charge in [-0.25, -0.2) is 4.98 Å². The standard InChI is InChI=1S/C21H22ClN7O/c1-4-14-10-18(29-28-14)26-20-19-16(6-5-7-17(19)30-3)25-21(27-20)24-12(2)15-9-8-13(22)11-23-15/h5-12H,4H2,1-3H3,(H3,24,25,26,27,28,29)/t12-/m0/s1. The minimum atomic E-state index is -0.116. The molecule has 4 aromatic rings. The molecule has 0 radical (unpaired) electrons. The Bertz CT molecular complexity index is 1160. The van der Waals surface area contributed by atoms with Gasteiger partial charge in [0.15, 0.2) is 5.82 Å². The number of hydrogen-bond acceptors (Lipinski definition) is 7. The highest BCUT2D eigenvalue weighted by Crippen LogP contribution is 2.33. The fourth-order valence-corrected chi connectivity index (χ4v) is 3.23. The summed E-state index contributed by atoms with van der Waals surface area (Å²) in [6, 6.07) is 11.2. The van der Waals surface area contributed by atoms with Crippen molar-refractivity contribution >= 4 is 40.1 Å². The molecule has 1 atom stereocenters. The molecule has 9 heteroatoms. The fourth-order valence-electron chi connectivity index (χ4n) is 3.12. The summed E-state index contributed by atoms with van der Waals surface area (Å²) in [7, 11) is 1.63. The third-order valence-corrected chi connectivity index (χ3v) is 4.93. The first-order valence-electron chi connectivity index (χ1n) is 9.61. The van der Waals surface area contributed by atoms with E-state index in [1.54, 1.807) is 13.3 Å². The van der Waals surface area contributed by atoms with E-state index in [9.17, 15) is 0 Å². The predicted molar refractivity (Wildman–Crippen MR) is 119 cm³/mol. The molecule has 0 spiro atoms. The van der Waals surface area contributed by atoms with Crippen LogP contribution in [0.3, 0.4) is 0 Å². The molecule has 3 aromatic heterocycles. The van der Waals surface area contributed by atoms with Gasteiger partial charge >= 0.3 is 0 Å². The summed E-state index contributed by atoms with van der Waals surface area (Å²) < 4.78 is 5.54. The maximum absolute atomic E-state index is 5.94. The Kier molecular flexibility index (Phi) is 5.67. The van der Waals surface area contributed by atoms with E-state index >= 15 is 0 Å². The molecule has 154 valence electrons. The smallest absolute Gasteiger partial charge is 0.225 e. The van der Waals surface area contributed by atoms with Crippen LogP contribution in [0.2, 0.25) is 5.02 Å². The third-order valence-electron chi connectivity index (χ3n) is 4.70. The molecule has 0 saturated carbocycles. The molecule has 0 unspecified atom stereocenters. The lowest BCUT2D eigenvalue weighted by molar-refractivity contribution is 0.420. The number of H-pyrrole nitrogens is 1. The van der Waals surface area contributed by atoms with Crippen molar-refractivity contribution in [2.75, 3.05) is 17.7 Å². The number of aryl methyl sites for hydroxylation is 1. The van der Waals surface area contributed by atoms with Crippen molar-refractivity contribution in [1.29, 1.82) is 0 Å². The van der Waals surface area contributed by atoms with Gasteiger partial charge in [-0.3, -0.25) is 10.1 Å². The summed E-state index contributed by atoms with van der Waals surface area (Å²) in [5, 5.41) is 15.3. The summed E-state index contributed by atoms with van der Waals surface area (Å²) in [4.78, 5) is 13.7. The van der Waals surface area contributed by atoms with Crippen molar-refractivity contribution < 1.29 is 4.74 Å². The Morgan fingerprint density at radius 3 is 2.77 bits per heavy atom. The van der Waals surface area contributed by atoms with E-state index in [1.807, 2.05) is 43.3 Å². The van der Waals surface area contributed by atoms with Crippen molar-refractivity contribution in [1.82, 2.24) is 25.1 Å². The monoisotopic (exact) mass is 423 g/mol. The van der Waals surface area contributed by atoms with Gasteiger partial charge < -0.3 is 15.4 Å². The van der Waals surface area contributed by atoms with Crippen LogP contribution >= 0.6 is 11.6 Å². The second-order valence-corrected chi connectivity index (χ2v) is 7.21. The SMILES string of the molecule is CCc1cc(Nc2nc(N[C@@H](C)c3ccc(Cl)cn3)nc3cccc(OC)c23)n[nH]1. The third kappa shape index (κ3) is 4.13. The summed E-state index contributed by atoms with van der Waals surface area (Å²) in [6.45, 7) is 4.05. The van der Waals surface area contributed by atoms with Gasteiger partial charge in [0.2, 0.25) is 5.95 Å². The van der Waals surface area contributed by atoms with E-state index in [2.05, 4.69) is 37.7 Å². The molecule has 0 aliphatic carbocycles. The van der Waals surface area contributed by atoms with Crippen molar-refractivity contribution in [2.45, 2.75) is 26.3 Å². The Morgan fingerprint density at radius 1 is 1.20 bits per heavy atom. The number of aromatic nitrogens is 5. The van der Waals surface area contributed by atoms with Gasteiger partial charge in [0.25, 0.3) is 0 Å². The first kappa shape index (κ1) is 19.9. The maximum Gasteiger partial charge on any atom is 0.225 e. The van der Waals surface area contributed by atoms with Gasteiger partial charge in [-0.05, 0) is 37.6 Å². The minimum Gasteiger partial charge on any atom is -0.496 e.